The average Bonchev–Trinajstić information content (AvgIpc) is 2.70. The maximum atomic E-state index is 12.6. The number of hydrogen-bond donors (Lipinski definition) is 3. The van der Waals surface area contributed by atoms with E-state index in [1.165, 1.54) is 16.7 Å². The number of aliphatic imine (C=N–C) groups is 1. The van der Waals surface area contributed by atoms with Crippen LogP contribution in [0, 0.1) is 5.92 Å². The SMILES string of the molecule is NCCCC1CCN(C=NC2C(=O)N3C(C(=O)O)=C(COC(N)=O)CS[C@@H]23)CC1. The zero-order valence-corrected chi connectivity index (χ0v) is 17.0. The second kappa shape index (κ2) is 9.49. The first-order valence-electron chi connectivity index (χ1n) is 9.72. The molecule has 3 rings (SSSR count). The molecule has 3 aliphatic heterocycles. The van der Waals surface area contributed by atoms with E-state index in [0.29, 0.717) is 17.2 Å². The van der Waals surface area contributed by atoms with E-state index in [1.807, 2.05) is 0 Å². The molecule has 3 heterocycles. The molecule has 0 saturated carbocycles. The van der Waals surface area contributed by atoms with Gasteiger partial charge in [0.2, 0.25) is 0 Å². The van der Waals surface area contributed by atoms with Crippen molar-refractivity contribution in [3.8, 4) is 0 Å². The van der Waals surface area contributed by atoms with E-state index in [1.54, 1.807) is 6.34 Å². The zero-order valence-electron chi connectivity index (χ0n) is 16.2. The lowest BCUT2D eigenvalue weighted by Crippen LogP contribution is -2.64. The van der Waals surface area contributed by atoms with Crippen molar-refractivity contribution in [1.29, 1.82) is 0 Å². The van der Waals surface area contributed by atoms with Crippen LogP contribution in [0.1, 0.15) is 25.7 Å². The number of nitrogens with two attached hydrogens (primary N) is 2. The van der Waals surface area contributed by atoms with Crippen molar-refractivity contribution in [2.45, 2.75) is 37.1 Å². The molecule has 0 radical (unpaired) electrons. The summed E-state index contributed by atoms with van der Waals surface area (Å²) >= 11 is 1.41. The van der Waals surface area contributed by atoms with Crippen molar-refractivity contribution >= 4 is 36.1 Å². The Morgan fingerprint density at radius 3 is 2.69 bits per heavy atom. The summed E-state index contributed by atoms with van der Waals surface area (Å²) in [5.74, 6) is -0.553. The number of carbonyl (C=O) groups excluding carboxylic acids is 2. The van der Waals surface area contributed by atoms with Gasteiger partial charge in [0.15, 0.2) is 6.04 Å². The Kier molecular flexibility index (Phi) is 7.01. The van der Waals surface area contributed by atoms with Crippen LogP contribution in [0.15, 0.2) is 16.3 Å². The van der Waals surface area contributed by atoms with Crippen molar-refractivity contribution in [3.05, 3.63) is 11.3 Å². The first-order chi connectivity index (χ1) is 13.9. The molecule has 29 heavy (non-hydrogen) atoms. The number of carboxylic acids is 1. The molecular formula is C18H27N5O5S. The van der Waals surface area contributed by atoms with E-state index in [9.17, 15) is 19.5 Å². The van der Waals surface area contributed by atoms with Gasteiger partial charge in [0.25, 0.3) is 5.91 Å². The van der Waals surface area contributed by atoms with Crippen LogP contribution in [0.2, 0.25) is 0 Å². The van der Waals surface area contributed by atoms with Crippen LogP contribution in [0.5, 0.6) is 0 Å². The first-order valence-corrected chi connectivity index (χ1v) is 10.8. The molecule has 5 N–H and O–H groups in total. The predicted octanol–water partition coefficient (Wildman–Crippen LogP) is 0.183. The number of thioether (sulfide) groups is 1. The fourth-order valence-corrected chi connectivity index (χ4v) is 5.19. The molecule has 0 aliphatic carbocycles. The molecule has 2 fully saturated rings. The molecule has 0 aromatic rings. The Hall–Kier alpha value is -2.27. The fourth-order valence-electron chi connectivity index (χ4n) is 3.87. The third kappa shape index (κ3) is 4.84. The van der Waals surface area contributed by atoms with E-state index in [-0.39, 0.29) is 23.6 Å². The van der Waals surface area contributed by atoms with Crippen LogP contribution < -0.4 is 11.5 Å². The number of β-lactam (4-membered cyclic amide) rings is 1. The summed E-state index contributed by atoms with van der Waals surface area (Å²) in [5, 5.41) is 9.18. The van der Waals surface area contributed by atoms with Gasteiger partial charge in [-0.3, -0.25) is 14.7 Å². The largest absolute Gasteiger partial charge is 0.477 e. The Labute approximate surface area is 173 Å². The van der Waals surface area contributed by atoms with Gasteiger partial charge in [-0.1, -0.05) is 0 Å². The number of likely N-dealkylation sites (tertiary alicyclic amines) is 1. The lowest BCUT2D eigenvalue weighted by Gasteiger charge is -2.47. The van der Waals surface area contributed by atoms with Crippen LogP contribution in [0.3, 0.4) is 0 Å². The molecule has 0 spiro atoms. The van der Waals surface area contributed by atoms with Gasteiger partial charge < -0.3 is 26.2 Å². The highest BCUT2D eigenvalue weighted by atomic mass is 32.2. The van der Waals surface area contributed by atoms with E-state index in [0.717, 1.165) is 45.3 Å². The Morgan fingerprint density at radius 2 is 2.07 bits per heavy atom. The Balaban J connectivity index is 1.59. The van der Waals surface area contributed by atoms with Crippen molar-refractivity contribution in [2.24, 2.45) is 22.4 Å². The highest BCUT2D eigenvalue weighted by Crippen LogP contribution is 2.41. The summed E-state index contributed by atoms with van der Waals surface area (Å²) in [6.45, 7) is 2.28. The summed E-state index contributed by atoms with van der Waals surface area (Å²) in [6, 6.07) is -0.595. The van der Waals surface area contributed by atoms with Crippen molar-refractivity contribution in [1.82, 2.24) is 9.80 Å². The average molecular weight is 426 g/mol. The minimum absolute atomic E-state index is 0.132. The van der Waals surface area contributed by atoms with Gasteiger partial charge >= 0.3 is 12.1 Å². The number of ether oxygens (including phenoxy) is 1. The number of carboxylic acid groups (broad SMARTS) is 1. The normalized spacial score (nSPS) is 25.2. The third-order valence-corrected chi connectivity index (χ3v) is 6.79. The molecule has 3 aliphatic rings. The first kappa shape index (κ1) is 21.4. The van der Waals surface area contributed by atoms with Crippen molar-refractivity contribution < 1.29 is 24.2 Å². The summed E-state index contributed by atoms with van der Waals surface area (Å²) in [4.78, 5) is 42.9. The molecule has 2 atom stereocenters. The number of aliphatic carboxylic acids is 1. The molecule has 2 amide bonds. The Morgan fingerprint density at radius 1 is 1.34 bits per heavy atom. The van der Waals surface area contributed by atoms with Crippen LogP contribution in [-0.2, 0) is 14.3 Å². The number of piperidine rings is 1. The number of nitrogens with zero attached hydrogens (tertiary/aromatic N) is 3. The molecule has 1 unspecified atom stereocenters. The predicted molar refractivity (Wildman–Crippen MR) is 108 cm³/mol. The third-order valence-electron chi connectivity index (χ3n) is 5.47. The van der Waals surface area contributed by atoms with E-state index in [4.69, 9.17) is 16.2 Å². The van der Waals surface area contributed by atoms with Gasteiger partial charge in [-0.25, -0.2) is 9.59 Å². The van der Waals surface area contributed by atoms with Gasteiger partial charge in [0, 0.05) is 24.4 Å². The second-order valence-corrected chi connectivity index (χ2v) is 8.50. The minimum atomic E-state index is -1.23. The topological polar surface area (TPSA) is 152 Å². The maximum Gasteiger partial charge on any atom is 0.404 e. The van der Waals surface area contributed by atoms with Crippen LogP contribution in [0.4, 0.5) is 4.79 Å². The second-order valence-electron chi connectivity index (χ2n) is 7.39. The van der Waals surface area contributed by atoms with Crippen molar-refractivity contribution in [2.75, 3.05) is 32.0 Å². The lowest BCUT2D eigenvalue weighted by atomic mass is 9.92. The monoisotopic (exact) mass is 425 g/mol. The number of fused-ring (bicyclic) bond motifs is 1. The number of carbonyl (C=O) groups is 3. The smallest absolute Gasteiger partial charge is 0.404 e. The van der Waals surface area contributed by atoms with Crippen LogP contribution >= 0.6 is 11.8 Å². The molecule has 0 aromatic carbocycles. The van der Waals surface area contributed by atoms with Crippen LogP contribution in [-0.4, -0.2) is 82.6 Å². The maximum absolute atomic E-state index is 12.6. The zero-order chi connectivity index (χ0) is 21.0. The molecule has 2 saturated heterocycles. The number of primary amides is 1. The number of amides is 2. The van der Waals surface area contributed by atoms with E-state index < -0.39 is 18.1 Å². The highest BCUT2D eigenvalue weighted by Gasteiger charge is 2.53. The van der Waals surface area contributed by atoms with Gasteiger partial charge in [0.05, 0.1) is 6.34 Å². The van der Waals surface area contributed by atoms with Crippen LogP contribution in [0.25, 0.3) is 0 Å². The van der Waals surface area contributed by atoms with Gasteiger partial charge in [-0.05, 0) is 38.1 Å². The summed E-state index contributed by atoms with van der Waals surface area (Å²) in [5.41, 5.74) is 10.7. The standard InChI is InChI=1S/C18H27N5O5S/c19-5-1-2-11-3-6-22(7-4-11)10-21-13-15(24)23-14(17(25)26)12(8-28-18(20)27)9-29-16(13)23/h10-11,13,16H,1-9,19H2,(H2,20,27)(H,25,26)/t13?,16-/m0/s1. The molecule has 0 aromatic heterocycles. The molecule has 11 heteroatoms. The minimum Gasteiger partial charge on any atom is -0.477 e. The summed E-state index contributed by atoms with van der Waals surface area (Å²) < 4.78 is 4.71. The summed E-state index contributed by atoms with van der Waals surface area (Å²) in [7, 11) is 0. The highest BCUT2D eigenvalue weighted by molar-refractivity contribution is 8.00. The van der Waals surface area contributed by atoms with E-state index >= 15 is 0 Å². The molecular weight excluding hydrogens is 398 g/mol. The summed E-state index contributed by atoms with van der Waals surface area (Å²) in [6.07, 6.45) is 5.13. The number of hydrogen-bond acceptors (Lipinski definition) is 7. The fraction of sp³-hybridized carbons (Fsp3) is 0.667. The Bertz CT molecular complexity index is 719. The van der Waals surface area contributed by atoms with Gasteiger partial charge in [-0.15, -0.1) is 11.8 Å². The molecule has 10 nitrogen and oxygen atoms in total. The molecule has 0 bridgehead atoms. The van der Waals surface area contributed by atoms with Gasteiger partial charge in [-0.2, -0.15) is 0 Å². The van der Waals surface area contributed by atoms with Crippen molar-refractivity contribution in [3.63, 3.8) is 0 Å². The van der Waals surface area contributed by atoms with Gasteiger partial charge in [0.1, 0.15) is 17.7 Å². The molecule has 160 valence electrons. The quantitative estimate of drug-likeness (QED) is 0.283. The number of rotatable bonds is 8. The lowest BCUT2D eigenvalue weighted by molar-refractivity contribution is -0.147. The van der Waals surface area contributed by atoms with E-state index in [2.05, 4.69) is 9.89 Å².